The Morgan fingerprint density at radius 2 is 1.96 bits per heavy atom. The fourth-order valence-corrected chi connectivity index (χ4v) is 3.20. The minimum Gasteiger partial charge on any atom is -0.478 e. The fraction of sp³-hybridized carbons (Fsp3) is 0.368. The number of carbonyl (C=O) groups excluding carboxylic acids is 1. The summed E-state index contributed by atoms with van der Waals surface area (Å²) in [5, 5.41) is 8.91. The Hall–Kier alpha value is -2.56. The Bertz CT molecular complexity index is 732. The molecule has 126 valence electrons. The summed E-state index contributed by atoms with van der Waals surface area (Å²) in [6, 6.07) is 10.6. The largest absolute Gasteiger partial charge is 0.478 e. The Labute approximate surface area is 140 Å². The highest BCUT2D eigenvalue weighted by molar-refractivity contribution is 5.87. The van der Waals surface area contributed by atoms with Crippen LogP contribution in [0, 0.1) is 6.92 Å². The first-order chi connectivity index (χ1) is 11.5. The number of carbonyl (C=O) groups is 2. The van der Waals surface area contributed by atoms with E-state index in [-0.39, 0.29) is 17.5 Å². The van der Waals surface area contributed by atoms with Gasteiger partial charge in [-0.15, -0.1) is 0 Å². The van der Waals surface area contributed by atoms with Crippen molar-refractivity contribution in [3.8, 4) is 0 Å². The number of nitrogens with zero attached hydrogens (tertiary/aromatic N) is 1. The molecule has 1 saturated heterocycles. The predicted molar refractivity (Wildman–Crippen MR) is 88.9 cm³/mol. The summed E-state index contributed by atoms with van der Waals surface area (Å²) in [7, 11) is 0. The van der Waals surface area contributed by atoms with E-state index >= 15 is 0 Å². The molecule has 1 aliphatic rings. The van der Waals surface area contributed by atoms with Gasteiger partial charge in [0.05, 0.1) is 11.6 Å². The highest BCUT2D eigenvalue weighted by Gasteiger charge is 2.31. The van der Waals surface area contributed by atoms with Gasteiger partial charge in [-0.3, -0.25) is 4.79 Å². The van der Waals surface area contributed by atoms with Gasteiger partial charge in [0.25, 0.3) is 0 Å². The minimum absolute atomic E-state index is 0.0422. The molecular formula is C19H21NO4. The summed E-state index contributed by atoms with van der Waals surface area (Å²) in [6.07, 6.45) is 2.96. The molecule has 1 aliphatic heterocycles. The van der Waals surface area contributed by atoms with Gasteiger partial charge >= 0.3 is 5.97 Å². The lowest BCUT2D eigenvalue weighted by Crippen LogP contribution is -2.30. The van der Waals surface area contributed by atoms with E-state index in [2.05, 4.69) is 0 Å². The van der Waals surface area contributed by atoms with Crippen molar-refractivity contribution in [3.05, 3.63) is 59.0 Å². The number of furan rings is 1. The lowest BCUT2D eigenvalue weighted by Gasteiger charge is -2.23. The molecule has 1 N–H and O–H groups in total. The molecule has 0 aliphatic carbocycles. The second-order valence-electron chi connectivity index (χ2n) is 6.20. The summed E-state index contributed by atoms with van der Waals surface area (Å²) >= 11 is 0. The number of aryl methyl sites for hydroxylation is 2. The van der Waals surface area contributed by atoms with Crippen LogP contribution in [0.4, 0.5) is 0 Å². The third-order valence-electron chi connectivity index (χ3n) is 4.49. The van der Waals surface area contributed by atoms with Crippen LogP contribution in [-0.4, -0.2) is 28.4 Å². The molecular weight excluding hydrogens is 306 g/mol. The van der Waals surface area contributed by atoms with Gasteiger partial charge < -0.3 is 14.4 Å². The van der Waals surface area contributed by atoms with E-state index in [0.717, 1.165) is 36.5 Å². The van der Waals surface area contributed by atoms with Gasteiger partial charge in [0.1, 0.15) is 11.5 Å². The van der Waals surface area contributed by atoms with E-state index in [4.69, 9.17) is 9.52 Å². The first-order valence-corrected chi connectivity index (χ1v) is 8.22. The minimum atomic E-state index is -0.939. The summed E-state index contributed by atoms with van der Waals surface area (Å²) in [6.45, 7) is 2.67. The first kappa shape index (κ1) is 16.3. The molecule has 2 aromatic rings. The Morgan fingerprint density at radius 3 is 2.58 bits per heavy atom. The maximum absolute atomic E-state index is 12.6. The smallest absolute Gasteiger partial charge is 0.335 e. The van der Waals surface area contributed by atoms with E-state index < -0.39 is 5.97 Å². The average molecular weight is 327 g/mol. The molecule has 1 atom stereocenters. The molecule has 0 radical (unpaired) electrons. The maximum Gasteiger partial charge on any atom is 0.335 e. The summed E-state index contributed by atoms with van der Waals surface area (Å²) in [5.41, 5.74) is 1.23. The molecule has 1 aromatic heterocycles. The topological polar surface area (TPSA) is 70.8 Å². The molecule has 5 heteroatoms. The van der Waals surface area contributed by atoms with Crippen molar-refractivity contribution in [1.82, 2.24) is 4.90 Å². The normalized spacial score (nSPS) is 17.2. The van der Waals surface area contributed by atoms with Crippen LogP contribution < -0.4 is 0 Å². The van der Waals surface area contributed by atoms with Crippen molar-refractivity contribution in [2.45, 2.75) is 38.6 Å². The number of carboxylic acids is 1. The highest BCUT2D eigenvalue weighted by Crippen LogP contribution is 2.33. The molecule has 1 amide bonds. The molecule has 0 spiro atoms. The van der Waals surface area contributed by atoms with Crippen molar-refractivity contribution < 1.29 is 19.1 Å². The molecule has 1 fully saturated rings. The average Bonchev–Trinajstić information content (AvgIpc) is 3.21. The van der Waals surface area contributed by atoms with Crippen molar-refractivity contribution in [3.63, 3.8) is 0 Å². The zero-order valence-electron chi connectivity index (χ0n) is 13.7. The third kappa shape index (κ3) is 3.50. The van der Waals surface area contributed by atoms with Crippen molar-refractivity contribution in [2.75, 3.05) is 6.54 Å². The third-order valence-corrected chi connectivity index (χ3v) is 4.49. The Kier molecular flexibility index (Phi) is 4.69. The number of hydrogen-bond acceptors (Lipinski definition) is 3. The zero-order valence-corrected chi connectivity index (χ0v) is 13.7. The SMILES string of the molecule is Cc1ccc(C2CCCN2C(=O)CCc2ccc(C(=O)O)cc2)o1. The maximum atomic E-state index is 12.6. The van der Waals surface area contributed by atoms with Gasteiger partial charge in [-0.05, 0) is 56.0 Å². The van der Waals surface area contributed by atoms with Crippen LogP contribution in [0.3, 0.4) is 0 Å². The summed E-state index contributed by atoms with van der Waals surface area (Å²) < 4.78 is 5.70. The van der Waals surface area contributed by atoms with Crippen LogP contribution in [0.5, 0.6) is 0 Å². The molecule has 24 heavy (non-hydrogen) atoms. The van der Waals surface area contributed by atoms with Crippen LogP contribution in [0.25, 0.3) is 0 Å². The number of benzene rings is 1. The van der Waals surface area contributed by atoms with E-state index in [1.54, 1.807) is 24.3 Å². The lowest BCUT2D eigenvalue weighted by atomic mass is 10.1. The van der Waals surface area contributed by atoms with Gasteiger partial charge in [-0.25, -0.2) is 4.79 Å². The zero-order chi connectivity index (χ0) is 17.1. The van der Waals surface area contributed by atoms with Crippen molar-refractivity contribution in [2.24, 2.45) is 0 Å². The number of likely N-dealkylation sites (tertiary alicyclic amines) is 1. The predicted octanol–water partition coefficient (Wildman–Crippen LogP) is 3.58. The molecule has 3 rings (SSSR count). The van der Waals surface area contributed by atoms with Crippen LogP contribution in [-0.2, 0) is 11.2 Å². The second kappa shape index (κ2) is 6.91. The molecule has 1 aromatic carbocycles. The molecule has 5 nitrogen and oxygen atoms in total. The summed E-state index contributed by atoms with van der Waals surface area (Å²) in [4.78, 5) is 25.3. The molecule has 2 heterocycles. The van der Waals surface area contributed by atoms with Gasteiger partial charge in [0.15, 0.2) is 0 Å². The number of amides is 1. The van der Waals surface area contributed by atoms with Crippen molar-refractivity contribution >= 4 is 11.9 Å². The van der Waals surface area contributed by atoms with E-state index in [0.29, 0.717) is 12.8 Å². The molecule has 0 bridgehead atoms. The first-order valence-electron chi connectivity index (χ1n) is 8.22. The number of aromatic carboxylic acids is 1. The number of hydrogen-bond donors (Lipinski definition) is 1. The monoisotopic (exact) mass is 327 g/mol. The van der Waals surface area contributed by atoms with Crippen LogP contribution in [0.2, 0.25) is 0 Å². The fourth-order valence-electron chi connectivity index (χ4n) is 3.20. The van der Waals surface area contributed by atoms with Crippen LogP contribution in [0.1, 0.15) is 52.7 Å². The number of rotatable bonds is 5. The van der Waals surface area contributed by atoms with E-state index in [9.17, 15) is 9.59 Å². The molecule has 1 unspecified atom stereocenters. The number of carboxylic acid groups (broad SMARTS) is 1. The highest BCUT2D eigenvalue weighted by atomic mass is 16.4. The quantitative estimate of drug-likeness (QED) is 0.911. The van der Waals surface area contributed by atoms with Crippen LogP contribution in [0.15, 0.2) is 40.8 Å². The van der Waals surface area contributed by atoms with Crippen LogP contribution >= 0.6 is 0 Å². The van der Waals surface area contributed by atoms with E-state index in [1.807, 2.05) is 24.0 Å². The van der Waals surface area contributed by atoms with Gasteiger partial charge in [-0.2, -0.15) is 0 Å². The van der Waals surface area contributed by atoms with Gasteiger partial charge in [0.2, 0.25) is 5.91 Å². The second-order valence-corrected chi connectivity index (χ2v) is 6.20. The molecule has 0 saturated carbocycles. The standard InChI is InChI=1S/C19H21NO4/c1-13-4-10-17(24-13)16-3-2-12-20(16)18(21)11-7-14-5-8-15(9-6-14)19(22)23/h4-6,8-10,16H,2-3,7,11-12H2,1H3,(H,22,23). The van der Waals surface area contributed by atoms with Crippen molar-refractivity contribution in [1.29, 1.82) is 0 Å². The Morgan fingerprint density at radius 1 is 1.21 bits per heavy atom. The van der Waals surface area contributed by atoms with E-state index in [1.165, 1.54) is 0 Å². The lowest BCUT2D eigenvalue weighted by molar-refractivity contribution is -0.132. The van der Waals surface area contributed by atoms with Gasteiger partial charge in [-0.1, -0.05) is 12.1 Å². The van der Waals surface area contributed by atoms with Gasteiger partial charge in [0, 0.05) is 13.0 Å². The Balaban J connectivity index is 1.60. The summed E-state index contributed by atoms with van der Waals surface area (Å²) in [5.74, 6) is 0.909.